The van der Waals surface area contributed by atoms with Crippen LogP contribution in [0, 0.1) is 0 Å². The molecule has 0 radical (unpaired) electrons. The third-order valence-corrected chi connectivity index (χ3v) is 2.95. The van der Waals surface area contributed by atoms with Crippen LogP contribution in [-0.2, 0) is 0 Å². The third kappa shape index (κ3) is 2.82. The normalized spacial score (nSPS) is 12.1. The van der Waals surface area contributed by atoms with Gasteiger partial charge in [0.25, 0.3) is 0 Å². The largest absolute Gasteiger partial charge is 0.496 e. The topological polar surface area (TPSA) is 53.7 Å². The van der Waals surface area contributed by atoms with Crippen molar-refractivity contribution in [3.8, 4) is 17.2 Å². The first kappa shape index (κ1) is 13.6. The van der Waals surface area contributed by atoms with E-state index in [9.17, 15) is 0 Å². The lowest BCUT2D eigenvalue weighted by atomic mass is 9.95. The lowest BCUT2D eigenvalue weighted by molar-refractivity contribution is 0.346. The van der Waals surface area contributed by atoms with Crippen molar-refractivity contribution in [3.05, 3.63) is 17.7 Å². The molecule has 1 unspecified atom stereocenters. The molecule has 0 fully saturated rings. The minimum absolute atomic E-state index is 0.268. The van der Waals surface area contributed by atoms with Gasteiger partial charge in [-0.05, 0) is 24.9 Å². The molecule has 1 atom stereocenters. The van der Waals surface area contributed by atoms with Crippen LogP contribution < -0.4 is 19.9 Å². The minimum Gasteiger partial charge on any atom is -0.496 e. The summed E-state index contributed by atoms with van der Waals surface area (Å²) in [7, 11) is 4.88. The van der Waals surface area contributed by atoms with E-state index in [1.807, 2.05) is 12.1 Å². The second-order valence-electron chi connectivity index (χ2n) is 3.79. The minimum atomic E-state index is 0.268. The van der Waals surface area contributed by atoms with Gasteiger partial charge in [-0.25, -0.2) is 0 Å². The Bertz CT molecular complexity index is 362. The number of methoxy groups -OCH3 is 3. The first-order chi connectivity index (χ1) is 8.21. The average Bonchev–Trinajstić information content (AvgIpc) is 2.39. The van der Waals surface area contributed by atoms with Gasteiger partial charge in [-0.3, -0.25) is 0 Å². The fourth-order valence-electron chi connectivity index (χ4n) is 1.89. The predicted molar refractivity (Wildman–Crippen MR) is 68.2 cm³/mol. The summed E-state index contributed by atoms with van der Waals surface area (Å²) in [6.45, 7) is 2.69. The van der Waals surface area contributed by atoms with Crippen molar-refractivity contribution >= 4 is 0 Å². The molecule has 0 amide bonds. The van der Waals surface area contributed by atoms with E-state index in [2.05, 4.69) is 6.92 Å². The van der Waals surface area contributed by atoms with Crippen molar-refractivity contribution in [2.45, 2.75) is 19.3 Å². The second kappa shape index (κ2) is 6.35. The molecule has 0 spiro atoms. The fourth-order valence-corrected chi connectivity index (χ4v) is 1.89. The first-order valence-corrected chi connectivity index (χ1v) is 5.71. The number of ether oxygens (including phenoxy) is 3. The Hall–Kier alpha value is -1.42. The monoisotopic (exact) mass is 239 g/mol. The highest BCUT2D eigenvalue weighted by molar-refractivity contribution is 5.52. The second-order valence-corrected chi connectivity index (χ2v) is 3.79. The molecular weight excluding hydrogens is 218 g/mol. The summed E-state index contributed by atoms with van der Waals surface area (Å²) in [6.07, 6.45) is 0.961. The zero-order chi connectivity index (χ0) is 12.8. The first-order valence-electron chi connectivity index (χ1n) is 5.71. The van der Waals surface area contributed by atoms with Crippen LogP contribution in [0.15, 0.2) is 12.1 Å². The maximum absolute atomic E-state index is 5.77. The Morgan fingerprint density at radius 2 is 1.53 bits per heavy atom. The van der Waals surface area contributed by atoms with Crippen molar-refractivity contribution in [2.24, 2.45) is 5.73 Å². The Balaban J connectivity index is 3.27. The summed E-state index contributed by atoms with van der Waals surface area (Å²) in [5, 5.41) is 0. The van der Waals surface area contributed by atoms with Gasteiger partial charge in [0.2, 0.25) is 0 Å². The summed E-state index contributed by atoms with van der Waals surface area (Å²) < 4.78 is 15.9. The van der Waals surface area contributed by atoms with Gasteiger partial charge in [0.05, 0.1) is 21.3 Å². The highest BCUT2D eigenvalue weighted by Crippen LogP contribution is 2.38. The van der Waals surface area contributed by atoms with Gasteiger partial charge in [0, 0.05) is 11.6 Å². The maximum atomic E-state index is 5.77. The van der Waals surface area contributed by atoms with Crippen LogP contribution in [0.25, 0.3) is 0 Å². The van der Waals surface area contributed by atoms with Crippen LogP contribution in [0.1, 0.15) is 24.8 Å². The zero-order valence-corrected chi connectivity index (χ0v) is 10.9. The SMILES string of the molecule is CCC(CN)c1cc(OC)c(OC)cc1OC. The number of benzene rings is 1. The lowest BCUT2D eigenvalue weighted by Gasteiger charge is -2.19. The van der Waals surface area contributed by atoms with Gasteiger partial charge in [-0.15, -0.1) is 0 Å². The summed E-state index contributed by atoms with van der Waals surface area (Å²) in [6, 6.07) is 3.78. The van der Waals surface area contributed by atoms with Crippen LogP contribution in [0.3, 0.4) is 0 Å². The van der Waals surface area contributed by atoms with Crippen LogP contribution in [-0.4, -0.2) is 27.9 Å². The van der Waals surface area contributed by atoms with Gasteiger partial charge in [0.1, 0.15) is 5.75 Å². The molecule has 0 aliphatic heterocycles. The Kier molecular flexibility index (Phi) is 5.10. The number of rotatable bonds is 6. The molecular formula is C13H21NO3. The number of nitrogens with two attached hydrogens (primary N) is 1. The molecule has 1 aromatic rings. The molecule has 0 bridgehead atoms. The van der Waals surface area contributed by atoms with Crippen LogP contribution in [0.4, 0.5) is 0 Å². The third-order valence-electron chi connectivity index (χ3n) is 2.95. The number of hydrogen-bond donors (Lipinski definition) is 1. The van der Waals surface area contributed by atoms with Gasteiger partial charge in [0.15, 0.2) is 11.5 Å². The quantitative estimate of drug-likeness (QED) is 0.826. The van der Waals surface area contributed by atoms with E-state index in [-0.39, 0.29) is 5.92 Å². The lowest BCUT2D eigenvalue weighted by Crippen LogP contribution is -2.13. The van der Waals surface area contributed by atoms with Crippen molar-refractivity contribution < 1.29 is 14.2 Å². The van der Waals surface area contributed by atoms with Crippen molar-refractivity contribution in [2.75, 3.05) is 27.9 Å². The van der Waals surface area contributed by atoms with Gasteiger partial charge >= 0.3 is 0 Å². The van der Waals surface area contributed by atoms with E-state index in [0.29, 0.717) is 18.0 Å². The summed E-state index contributed by atoms with van der Waals surface area (Å²) >= 11 is 0. The molecule has 0 saturated carbocycles. The maximum Gasteiger partial charge on any atom is 0.164 e. The van der Waals surface area contributed by atoms with E-state index in [0.717, 1.165) is 17.7 Å². The molecule has 1 aromatic carbocycles. The highest BCUT2D eigenvalue weighted by atomic mass is 16.5. The highest BCUT2D eigenvalue weighted by Gasteiger charge is 2.17. The fraction of sp³-hybridized carbons (Fsp3) is 0.538. The molecule has 4 heteroatoms. The predicted octanol–water partition coefficient (Wildman–Crippen LogP) is 2.16. The van der Waals surface area contributed by atoms with Gasteiger partial charge in [-0.2, -0.15) is 0 Å². The molecule has 4 nitrogen and oxygen atoms in total. The van der Waals surface area contributed by atoms with Crippen LogP contribution in [0.2, 0.25) is 0 Å². The summed E-state index contributed by atoms with van der Waals surface area (Å²) in [5.41, 5.74) is 6.84. The van der Waals surface area contributed by atoms with Crippen molar-refractivity contribution in [3.63, 3.8) is 0 Å². The molecule has 0 heterocycles. The molecule has 2 N–H and O–H groups in total. The number of hydrogen-bond acceptors (Lipinski definition) is 4. The van der Waals surface area contributed by atoms with E-state index >= 15 is 0 Å². The van der Waals surface area contributed by atoms with E-state index in [1.165, 1.54) is 0 Å². The molecule has 1 rings (SSSR count). The molecule has 0 aliphatic carbocycles. The van der Waals surface area contributed by atoms with Gasteiger partial charge in [-0.1, -0.05) is 6.92 Å². The molecule has 17 heavy (non-hydrogen) atoms. The Morgan fingerprint density at radius 1 is 1.00 bits per heavy atom. The van der Waals surface area contributed by atoms with Crippen molar-refractivity contribution in [1.29, 1.82) is 0 Å². The van der Waals surface area contributed by atoms with Gasteiger partial charge < -0.3 is 19.9 Å². The Labute approximate surface area is 103 Å². The molecule has 0 saturated heterocycles. The summed E-state index contributed by atoms with van der Waals surface area (Å²) in [5.74, 6) is 2.43. The molecule has 96 valence electrons. The Morgan fingerprint density at radius 3 is 1.94 bits per heavy atom. The summed E-state index contributed by atoms with van der Waals surface area (Å²) in [4.78, 5) is 0. The van der Waals surface area contributed by atoms with E-state index in [1.54, 1.807) is 21.3 Å². The average molecular weight is 239 g/mol. The molecule has 0 aliphatic rings. The van der Waals surface area contributed by atoms with Crippen LogP contribution in [0.5, 0.6) is 17.2 Å². The standard InChI is InChI=1S/C13H21NO3/c1-5-9(8-14)10-6-12(16-3)13(17-4)7-11(10)15-2/h6-7,9H,5,8,14H2,1-4H3. The van der Waals surface area contributed by atoms with E-state index in [4.69, 9.17) is 19.9 Å². The smallest absolute Gasteiger partial charge is 0.164 e. The zero-order valence-electron chi connectivity index (χ0n) is 10.9. The van der Waals surface area contributed by atoms with Crippen molar-refractivity contribution in [1.82, 2.24) is 0 Å². The van der Waals surface area contributed by atoms with E-state index < -0.39 is 0 Å². The van der Waals surface area contributed by atoms with Crippen LogP contribution >= 0.6 is 0 Å². The molecule has 0 aromatic heterocycles.